The van der Waals surface area contributed by atoms with E-state index in [1.54, 1.807) is 48.5 Å². The first kappa shape index (κ1) is 22.8. The van der Waals surface area contributed by atoms with E-state index >= 15 is 0 Å². The van der Waals surface area contributed by atoms with E-state index in [0.29, 0.717) is 34.6 Å². The zero-order valence-corrected chi connectivity index (χ0v) is 17.8. The van der Waals surface area contributed by atoms with Gasteiger partial charge in [-0.1, -0.05) is 37.0 Å². The molecule has 0 saturated carbocycles. The number of nitrogens with one attached hydrogen (secondary N) is 2. The quantitative estimate of drug-likeness (QED) is 0.592. The van der Waals surface area contributed by atoms with Crippen molar-refractivity contribution in [3.05, 3.63) is 58.6 Å². The van der Waals surface area contributed by atoms with E-state index in [1.165, 1.54) is 0 Å². The van der Waals surface area contributed by atoms with Gasteiger partial charge in [-0.15, -0.1) is 0 Å². The Hall–Kier alpha value is -2.44. The highest BCUT2D eigenvalue weighted by Gasteiger charge is 2.20. The van der Waals surface area contributed by atoms with Gasteiger partial charge in [0.25, 0.3) is 11.8 Å². The first-order valence-electron chi connectivity index (χ1n) is 9.04. The van der Waals surface area contributed by atoms with Crippen LogP contribution in [0.5, 0.6) is 11.5 Å². The third-order valence-corrected chi connectivity index (χ3v) is 4.40. The molecule has 2 aromatic carbocycles. The Balaban J connectivity index is 1.64. The molecule has 6 nitrogen and oxygen atoms in total. The molecular weight excluding hydrogens is 415 g/mol. The lowest BCUT2D eigenvalue weighted by Gasteiger charge is -2.25. The predicted molar refractivity (Wildman–Crippen MR) is 114 cm³/mol. The van der Waals surface area contributed by atoms with Crippen LogP contribution in [0.1, 0.15) is 13.8 Å². The Morgan fingerprint density at radius 2 is 1.10 bits per heavy atom. The highest BCUT2D eigenvalue weighted by molar-refractivity contribution is 6.30. The smallest absolute Gasteiger partial charge is 0.257 e. The van der Waals surface area contributed by atoms with Crippen LogP contribution in [0.15, 0.2) is 48.5 Å². The fourth-order valence-corrected chi connectivity index (χ4v) is 2.45. The summed E-state index contributed by atoms with van der Waals surface area (Å²) in [5.41, 5.74) is -0.341. The summed E-state index contributed by atoms with van der Waals surface area (Å²) in [6.45, 7) is 4.45. The van der Waals surface area contributed by atoms with Gasteiger partial charge in [0.2, 0.25) is 0 Å². The number of benzene rings is 2. The molecule has 0 unspecified atom stereocenters. The lowest BCUT2D eigenvalue weighted by Crippen LogP contribution is -2.44. The molecule has 0 bridgehead atoms. The zero-order chi connectivity index (χ0) is 21.3. The van der Waals surface area contributed by atoms with E-state index < -0.39 is 0 Å². The maximum Gasteiger partial charge on any atom is 0.257 e. The highest BCUT2D eigenvalue weighted by atomic mass is 35.5. The molecule has 8 heteroatoms. The van der Waals surface area contributed by atoms with Crippen molar-refractivity contribution in [3.8, 4) is 11.5 Å². The average molecular weight is 439 g/mol. The maximum atomic E-state index is 12.0. The fraction of sp³-hybridized carbons (Fsp3) is 0.333. The van der Waals surface area contributed by atoms with Crippen LogP contribution < -0.4 is 20.1 Å². The van der Waals surface area contributed by atoms with Gasteiger partial charge in [0.1, 0.15) is 11.5 Å². The molecule has 0 heterocycles. The minimum atomic E-state index is -0.341. The number of carbonyl (C=O) groups excluding carboxylic acids is 2. The summed E-state index contributed by atoms with van der Waals surface area (Å²) < 4.78 is 10.8. The topological polar surface area (TPSA) is 76.7 Å². The number of halogens is 2. The molecule has 0 aliphatic carbocycles. The molecule has 0 aliphatic heterocycles. The van der Waals surface area contributed by atoms with Gasteiger partial charge in [0, 0.05) is 23.1 Å². The van der Waals surface area contributed by atoms with Gasteiger partial charge in [0.05, 0.1) is 0 Å². The van der Waals surface area contributed by atoms with Crippen LogP contribution >= 0.6 is 23.2 Å². The van der Waals surface area contributed by atoms with E-state index in [2.05, 4.69) is 10.6 Å². The summed E-state index contributed by atoms with van der Waals surface area (Å²) in [5, 5.41) is 6.81. The molecule has 0 aliphatic rings. The Morgan fingerprint density at radius 3 is 1.45 bits per heavy atom. The summed E-state index contributed by atoms with van der Waals surface area (Å²) >= 11 is 11.6. The summed E-state index contributed by atoms with van der Waals surface area (Å²) in [5.74, 6) is 0.643. The van der Waals surface area contributed by atoms with E-state index in [1.807, 2.05) is 13.8 Å². The Labute approximate surface area is 180 Å². The molecule has 2 aromatic rings. The Morgan fingerprint density at radius 1 is 0.759 bits per heavy atom. The monoisotopic (exact) mass is 438 g/mol. The van der Waals surface area contributed by atoms with Crippen LogP contribution in [-0.4, -0.2) is 38.1 Å². The van der Waals surface area contributed by atoms with Gasteiger partial charge in [-0.25, -0.2) is 0 Å². The summed E-state index contributed by atoms with van der Waals surface area (Å²) in [7, 11) is 0. The Bertz CT molecular complexity index is 741. The lowest BCUT2D eigenvalue weighted by atomic mass is 9.93. The third kappa shape index (κ3) is 9.07. The number of amides is 2. The van der Waals surface area contributed by atoms with Gasteiger partial charge in [-0.2, -0.15) is 0 Å². The van der Waals surface area contributed by atoms with Crippen molar-refractivity contribution in [1.29, 1.82) is 0 Å². The molecule has 156 valence electrons. The van der Waals surface area contributed by atoms with Gasteiger partial charge in [-0.3, -0.25) is 9.59 Å². The van der Waals surface area contributed by atoms with E-state index in [-0.39, 0.29) is 30.4 Å². The minimum Gasteiger partial charge on any atom is -0.484 e. The van der Waals surface area contributed by atoms with Gasteiger partial charge in [-0.05, 0) is 53.9 Å². The standard InChI is InChI=1S/C21H24Cl2N2O4/c1-21(2,13-24-19(26)11-28-17-7-3-15(22)4-8-17)14-25-20(27)12-29-18-9-5-16(23)6-10-18/h3-10H,11-14H2,1-2H3,(H,24,26)(H,25,27). The molecule has 2 amide bonds. The number of carbonyl (C=O) groups is 2. The number of rotatable bonds is 10. The summed E-state index contributed by atoms with van der Waals surface area (Å²) in [4.78, 5) is 23.9. The molecule has 2 rings (SSSR count). The molecule has 0 saturated heterocycles. The summed E-state index contributed by atoms with van der Waals surface area (Å²) in [6.07, 6.45) is 0. The van der Waals surface area contributed by atoms with E-state index in [4.69, 9.17) is 32.7 Å². The molecule has 0 fully saturated rings. The van der Waals surface area contributed by atoms with Crippen LogP contribution in [0.25, 0.3) is 0 Å². The van der Waals surface area contributed by atoms with Crippen molar-refractivity contribution >= 4 is 35.0 Å². The number of ether oxygens (including phenoxy) is 2. The van der Waals surface area contributed by atoms with Crippen LogP contribution in [-0.2, 0) is 9.59 Å². The minimum absolute atomic E-state index is 0.0982. The van der Waals surface area contributed by atoms with Crippen molar-refractivity contribution in [3.63, 3.8) is 0 Å². The molecule has 0 radical (unpaired) electrons. The number of hydrogen-bond acceptors (Lipinski definition) is 4. The third-order valence-electron chi connectivity index (χ3n) is 3.90. The highest BCUT2D eigenvalue weighted by Crippen LogP contribution is 2.16. The molecular formula is C21H24Cl2N2O4. The van der Waals surface area contributed by atoms with Gasteiger partial charge >= 0.3 is 0 Å². The molecule has 0 aromatic heterocycles. The van der Waals surface area contributed by atoms with Crippen molar-refractivity contribution in [2.24, 2.45) is 5.41 Å². The predicted octanol–water partition coefficient (Wildman–Crippen LogP) is 3.71. The van der Waals surface area contributed by atoms with Gasteiger partial charge < -0.3 is 20.1 Å². The van der Waals surface area contributed by atoms with E-state index in [9.17, 15) is 9.59 Å². The van der Waals surface area contributed by atoms with Crippen LogP contribution in [0.3, 0.4) is 0 Å². The van der Waals surface area contributed by atoms with Crippen LogP contribution in [0, 0.1) is 5.41 Å². The summed E-state index contributed by atoms with van der Waals surface area (Å²) in [6, 6.07) is 13.5. The van der Waals surface area contributed by atoms with Crippen molar-refractivity contribution in [2.45, 2.75) is 13.8 Å². The largest absolute Gasteiger partial charge is 0.484 e. The first-order chi connectivity index (χ1) is 13.7. The molecule has 2 N–H and O–H groups in total. The zero-order valence-electron chi connectivity index (χ0n) is 16.3. The van der Waals surface area contributed by atoms with Crippen LogP contribution in [0.2, 0.25) is 10.0 Å². The normalized spacial score (nSPS) is 10.9. The fourth-order valence-electron chi connectivity index (χ4n) is 2.20. The Kier molecular flexibility index (Phi) is 8.61. The average Bonchev–Trinajstić information content (AvgIpc) is 2.70. The van der Waals surface area contributed by atoms with Crippen molar-refractivity contribution < 1.29 is 19.1 Å². The second-order valence-corrected chi connectivity index (χ2v) is 8.08. The van der Waals surface area contributed by atoms with E-state index in [0.717, 1.165) is 0 Å². The lowest BCUT2D eigenvalue weighted by molar-refractivity contribution is -0.123. The van der Waals surface area contributed by atoms with Crippen molar-refractivity contribution in [1.82, 2.24) is 10.6 Å². The van der Waals surface area contributed by atoms with Crippen molar-refractivity contribution in [2.75, 3.05) is 26.3 Å². The van der Waals surface area contributed by atoms with Crippen LogP contribution in [0.4, 0.5) is 0 Å². The second kappa shape index (κ2) is 10.9. The first-order valence-corrected chi connectivity index (χ1v) is 9.79. The number of hydrogen-bond donors (Lipinski definition) is 2. The molecule has 0 atom stereocenters. The SMILES string of the molecule is CC(C)(CNC(=O)COc1ccc(Cl)cc1)CNC(=O)COc1ccc(Cl)cc1. The van der Waals surface area contributed by atoms with Gasteiger partial charge in [0.15, 0.2) is 13.2 Å². The second-order valence-electron chi connectivity index (χ2n) is 7.20. The molecule has 0 spiro atoms. The maximum absolute atomic E-state index is 12.0. The molecule has 29 heavy (non-hydrogen) atoms.